The Bertz CT molecular complexity index is 1190. The van der Waals surface area contributed by atoms with Crippen LogP contribution in [0.15, 0.2) is 64.5 Å². The summed E-state index contributed by atoms with van der Waals surface area (Å²) in [6, 6.07) is 16.2. The monoisotopic (exact) mass is 438 g/mol. The maximum Gasteiger partial charge on any atom is 0.323 e. The van der Waals surface area contributed by atoms with Crippen molar-refractivity contribution < 1.29 is 4.79 Å². The highest BCUT2D eigenvalue weighted by molar-refractivity contribution is 7.99. The van der Waals surface area contributed by atoms with Crippen LogP contribution in [0.1, 0.15) is 18.4 Å². The normalized spacial score (nSPS) is 10.9. The molecule has 0 saturated heterocycles. The Morgan fingerprint density at radius 3 is 2.30 bits per heavy atom. The molecule has 2 aromatic heterocycles. The summed E-state index contributed by atoms with van der Waals surface area (Å²) in [4.78, 5) is 22.1. The van der Waals surface area contributed by atoms with Crippen molar-refractivity contribution >= 4 is 46.5 Å². The van der Waals surface area contributed by atoms with Gasteiger partial charge < -0.3 is 10.6 Å². The van der Waals surface area contributed by atoms with Gasteiger partial charge in [0.25, 0.3) is 5.78 Å². The number of aryl methyl sites for hydroxylation is 2. The first-order valence-corrected chi connectivity index (χ1v) is 10.5. The van der Waals surface area contributed by atoms with Gasteiger partial charge in [0.2, 0.25) is 0 Å². The lowest BCUT2D eigenvalue weighted by Crippen LogP contribution is -2.19. The summed E-state index contributed by atoms with van der Waals surface area (Å²) < 4.78 is 1.75. The second kappa shape index (κ2) is 8.73. The average Bonchev–Trinajstić information content (AvgIpc) is 3.11. The number of rotatable bonds is 5. The molecule has 0 aliphatic heterocycles. The van der Waals surface area contributed by atoms with E-state index in [1.165, 1.54) is 0 Å². The molecule has 7 nitrogen and oxygen atoms in total. The van der Waals surface area contributed by atoms with Gasteiger partial charge in [-0.25, -0.2) is 9.78 Å². The first-order chi connectivity index (χ1) is 14.5. The van der Waals surface area contributed by atoms with Crippen LogP contribution in [-0.4, -0.2) is 25.6 Å². The topological polar surface area (TPSA) is 84.2 Å². The van der Waals surface area contributed by atoms with Crippen molar-refractivity contribution in [1.29, 1.82) is 0 Å². The van der Waals surface area contributed by atoms with Crippen molar-refractivity contribution in [2.45, 2.75) is 30.2 Å². The van der Waals surface area contributed by atoms with E-state index in [-0.39, 0.29) is 6.03 Å². The predicted octanol–water partition coefficient (Wildman–Crippen LogP) is 5.44. The number of fused-ring (bicyclic) bond motifs is 1. The number of carbonyl (C=O) groups excluding carboxylic acids is 1. The lowest BCUT2D eigenvalue weighted by atomic mass is 10.3. The van der Waals surface area contributed by atoms with Gasteiger partial charge in [-0.3, -0.25) is 0 Å². The molecular weight excluding hydrogens is 420 g/mol. The number of amides is 2. The smallest absolute Gasteiger partial charge is 0.308 e. The maximum atomic E-state index is 12.2. The summed E-state index contributed by atoms with van der Waals surface area (Å²) in [6.07, 6.45) is 0.821. The second-order valence-electron chi connectivity index (χ2n) is 6.52. The Kier molecular flexibility index (Phi) is 5.87. The van der Waals surface area contributed by atoms with Gasteiger partial charge in [-0.1, -0.05) is 30.3 Å². The highest BCUT2D eigenvalue weighted by atomic mass is 35.5. The van der Waals surface area contributed by atoms with Crippen molar-refractivity contribution in [3.8, 4) is 0 Å². The highest BCUT2D eigenvalue weighted by Gasteiger charge is 2.11. The van der Waals surface area contributed by atoms with Gasteiger partial charge in [0.05, 0.1) is 0 Å². The van der Waals surface area contributed by atoms with Crippen LogP contribution in [-0.2, 0) is 6.42 Å². The number of anilines is 2. The Morgan fingerprint density at radius 1 is 1.03 bits per heavy atom. The van der Waals surface area contributed by atoms with Crippen LogP contribution < -0.4 is 10.6 Å². The van der Waals surface area contributed by atoms with Crippen molar-refractivity contribution in [3.63, 3.8) is 0 Å². The number of carbonyl (C=O) groups is 1. The first-order valence-electron chi connectivity index (χ1n) is 9.35. The molecule has 0 aliphatic rings. The van der Waals surface area contributed by atoms with E-state index >= 15 is 0 Å². The highest BCUT2D eigenvalue weighted by Crippen LogP contribution is 2.29. The molecular formula is C21H19ClN6OS. The van der Waals surface area contributed by atoms with Crippen molar-refractivity contribution in [1.82, 2.24) is 19.6 Å². The standard InChI is InChI=1S/C21H19ClN6OS/c1-3-15-12-19(28-20(24-15)23-13(2)27-28)30-18-10-8-17(9-11-18)26-21(29)25-16-6-4-14(22)5-7-16/h4-12H,3H2,1-2H3,(H2,25,26,29). The molecule has 9 heteroatoms. The Hall–Kier alpha value is -3.10. The zero-order chi connectivity index (χ0) is 21.1. The van der Waals surface area contributed by atoms with Gasteiger partial charge in [-0.2, -0.15) is 9.50 Å². The molecule has 2 amide bonds. The summed E-state index contributed by atoms with van der Waals surface area (Å²) in [5.74, 6) is 1.29. The van der Waals surface area contributed by atoms with Crippen LogP contribution in [0, 0.1) is 6.92 Å². The molecule has 4 rings (SSSR count). The third-order valence-electron chi connectivity index (χ3n) is 4.24. The molecule has 0 unspecified atom stereocenters. The van der Waals surface area contributed by atoms with E-state index in [9.17, 15) is 4.79 Å². The van der Waals surface area contributed by atoms with Crippen LogP contribution in [0.2, 0.25) is 5.02 Å². The molecule has 152 valence electrons. The van der Waals surface area contributed by atoms with E-state index in [0.717, 1.165) is 22.0 Å². The molecule has 0 saturated carbocycles. The molecule has 0 atom stereocenters. The number of hydrogen-bond acceptors (Lipinski definition) is 5. The molecule has 30 heavy (non-hydrogen) atoms. The zero-order valence-electron chi connectivity index (χ0n) is 16.4. The fourth-order valence-corrected chi connectivity index (χ4v) is 3.84. The van der Waals surface area contributed by atoms with Crippen LogP contribution in [0.4, 0.5) is 16.2 Å². The minimum Gasteiger partial charge on any atom is -0.308 e. The fourth-order valence-electron chi connectivity index (χ4n) is 2.80. The number of benzene rings is 2. The first kappa shape index (κ1) is 20.2. The predicted molar refractivity (Wildman–Crippen MR) is 120 cm³/mol. The van der Waals surface area contributed by atoms with E-state index < -0.39 is 0 Å². The van der Waals surface area contributed by atoms with E-state index in [1.54, 1.807) is 40.5 Å². The van der Waals surface area contributed by atoms with E-state index in [2.05, 4.69) is 32.6 Å². The number of nitrogens with one attached hydrogen (secondary N) is 2. The summed E-state index contributed by atoms with van der Waals surface area (Å²) in [7, 11) is 0. The second-order valence-corrected chi connectivity index (χ2v) is 8.05. The number of aromatic nitrogens is 4. The largest absolute Gasteiger partial charge is 0.323 e. The lowest BCUT2D eigenvalue weighted by Gasteiger charge is -2.09. The van der Waals surface area contributed by atoms with Crippen molar-refractivity contribution in [3.05, 3.63) is 71.1 Å². The molecule has 2 N–H and O–H groups in total. The zero-order valence-corrected chi connectivity index (χ0v) is 18.0. The quantitative estimate of drug-likeness (QED) is 0.405. The molecule has 4 aromatic rings. The summed E-state index contributed by atoms with van der Waals surface area (Å²) >= 11 is 7.43. The van der Waals surface area contributed by atoms with Crippen LogP contribution in [0.3, 0.4) is 0 Å². The number of hydrogen-bond donors (Lipinski definition) is 2. The van der Waals surface area contributed by atoms with Gasteiger partial charge in [-0.15, -0.1) is 5.10 Å². The van der Waals surface area contributed by atoms with Gasteiger partial charge in [-0.05, 0) is 67.9 Å². The number of halogens is 1. The molecule has 0 bridgehead atoms. The lowest BCUT2D eigenvalue weighted by molar-refractivity contribution is 0.262. The van der Waals surface area contributed by atoms with Gasteiger partial charge in [0.15, 0.2) is 0 Å². The Morgan fingerprint density at radius 2 is 1.67 bits per heavy atom. The van der Waals surface area contributed by atoms with E-state index in [4.69, 9.17) is 11.6 Å². The minimum absolute atomic E-state index is 0.320. The molecule has 0 radical (unpaired) electrons. The van der Waals surface area contributed by atoms with Crippen LogP contribution in [0.5, 0.6) is 0 Å². The molecule has 0 fully saturated rings. The molecule has 0 aliphatic carbocycles. The van der Waals surface area contributed by atoms with E-state index in [1.807, 2.05) is 37.3 Å². The van der Waals surface area contributed by atoms with E-state index in [0.29, 0.717) is 28.0 Å². The number of nitrogens with zero attached hydrogens (tertiary/aromatic N) is 4. The molecule has 2 heterocycles. The van der Waals surface area contributed by atoms with Gasteiger partial charge in [0, 0.05) is 27.0 Å². The maximum absolute atomic E-state index is 12.2. The van der Waals surface area contributed by atoms with Crippen LogP contribution >= 0.6 is 23.4 Å². The Labute approximate surface area is 182 Å². The van der Waals surface area contributed by atoms with Crippen molar-refractivity contribution in [2.24, 2.45) is 0 Å². The summed E-state index contributed by atoms with van der Waals surface area (Å²) in [6.45, 7) is 3.91. The fraction of sp³-hybridized carbons (Fsp3) is 0.143. The number of urea groups is 1. The third-order valence-corrected chi connectivity index (χ3v) is 5.50. The minimum atomic E-state index is -0.320. The van der Waals surface area contributed by atoms with Gasteiger partial charge >= 0.3 is 6.03 Å². The summed E-state index contributed by atoms with van der Waals surface area (Å²) in [5.41, 5.74) is 2.33. The van der Waals surface area contributed by atoms with Crippen molar-refractivity contribution in [2.75, 3.05) is 10.6 Å². The van der Waals surface area contributed by atoms with Gasteiger partial charge in [0.1, 0.15) is 10.9 Å². The third kappa shape index (κ3) is 4.72. The average molecular weight is 439 g/mol. The van der Waals surface area contributed by atoms with Crippen LogP contribution in [0.25, 0.3) is 5.78 Å². The molecule has 2 aromatic carbocycles. The summed E-state index contributed by atoms with van der Waals surface area (Å²) in [5, 5.41) is 11.6. The molecule has 0 spiro atoms. The SMILES string of the molecule is CCc1cc(Sc2ccc(NC(=O)Nc3ccc(Cl)cc3)cc2)n2nc(C)nc2n1. The Balaban J connectivity index is 1.45.